The van der Waals surface area contributed by atoms with Crippen molar-refractivity contribution in [1.82, 2.24) is 14.3 Å². The molecule has 2 aromatic heterocycles. The number of nitrogens with one attached hydrogen (secondary N) is 1. The molecule has 0 aliphatic carbocycles. The minimum absolute atomic E-state index is 0.735. The smallest absolute Gasteiger partial charge is 0.226 e. The molecular weight excluding hydrogens is 366 g/mol. The van der Waals surface area contributed by atoms with E-state index in [2.05, 4.69) is 29.5 Å². The zero-order valence-electron chi connectivity index (χ0n) is 14.0. The van der Waals surface area contributed by atoms with Crippen molar-refractivity contribution >= 4 is 41.1 Å². The van der Waals surface area contributed by atoms with Crippen LogP contribution >= 0.6 is 35.2 Å². The first-order valence-electron chi connectivity index (χ1n) is 8.14. The van der Waals surface area contributed by atoms with Crippen LogP contribution in [0.15, 0.2) is 12.1 Å². The number of nitrogens with zero attached hydrogens (tertiary/aromatic N) is 4. The second-order valence-electron chi connectivity index (χ2n) is 5.92. The number of thiophene rings is 1. The molecule has 2 aromatic rings. The fraction of sp³-hybridized carbons (Fsp3) is 0.600. The lowest BCUT2D eigenvalue weighted by atomic mass is 10.4. The Morgan fingerprint density at radius 3 is 2.75 bits per heavy atom. The first-order chi connectivity index (χ1) is 11.6. The van der Waals surface area contributed by atoms with Crippen LogP contribution < -0.4 is 9.80 Å². The maximum atomic E-state index is 6.01. The van der Waals surface area contributed by atoms with Crippen LogP contribution in [0, 0.1) is 4.77 Å². The molecule has 6 nitrogen and oxygen atoms in total. The van der Waals surface area contributed by atoms with Gasteiger partial charge in [0.2, 0.25) is 10.7 Å². The second-order valence-corrected chi connectivity index (χ2v) is 8.09. The number of anilines is 1. The molecule has 132 valence electrons. The molecule has 3 heterocycles. The van der Waals surface area contributed by atoms with Gasteiger partial charge in [-0.05, 0) is 31.3 Å². The third-order valence-corrected chi connectivity index (χ3v) is 5.70. The Hall–Kier alpha value is -0.930. The van der Waals surface area contributed by atoms with Crippen LogP contribution in [0.1, 0.15) is 11.8 Å². The summed E-state index contributed by atoms with van der Waals surface area (Å²) in [5, 5.41) is 4.79. The number of morpholine rings is 1. The first-order valence-corrected chi connectivity index (χ1v) is 9.74. The van der Waals surface area contributed by atoms with Crippen LogP contribution in [-0.2, 0) is 24.5 Å². The third kappa shape index (κ3) is 4.00. The summed E-state index contributed by atoms with van der Waals surface area (Å²) < 4.78 is 11.1. The topological polar surface area (TPSA) is 39.7 Å². The highest BCUT2D eigenvalue weighted by Crippen LogP contribution is 2.20. The van der Waals surface area contributed by atoms with Crippen LogP contribution in [0.4, 0.5) is 5.95 Å². The van der Waals surface area contributed by atoms with Crippen molar-refractivity contribution in [1.29, 1.82) is 0 Å². The molecule has 1 saturated heterocycles. The van der Waals surface area contributed by atoms with Crippen molar-refractivity contribution in [2.24, 2.45) is 0 Å². The Balaban J connectivity index is 1.75. The maximum absolute atomic E-state index is 6.01. The highest BCUT2D eigenvalue weighted by Gasteiger charge is 2.20. The van der Waals surface area contributed by atoms with E-state index in [1.54, 1.807) is 11.3 Å². The van der Waals surface area contributed by atoms with Gasteiger partial charge in [0.1, 0.15) is 6.54 Å². The van der Waals surface area contributed by atoms with Gasteiger partial charge in [-0.25, -0.2) is 0 Å². The fourth-order valence-corrected chi connectivity index (χ4v) is 4.38. The molecular formula is C15H23ClN5OS2+. The third-order valence-electron chi connectivity index (χ3n) is 4.04. The van der Waals surface area contributed by atoms with E-state index in [1.165, 1.54) is 9.78 Å². The molecule has 0 saturated carbocycles. The summed E-state index contributed by atoms with van der Waals surface area (Å²) >= 11 is 13.3. The van der Waals surface area contributed by atoms with E-state index in [0.29, 0.717) is 0 Å². The lowest BCUT2D eigenvalue weighted by molar-refractivity contribution is -0.917. The maximum Gasteiger partial charge on any atom is 0.226 e. The Morgan fingerprint density at radius 2 is 2.12 bits per heavy atom. The van der Waals surface area contributed by atoms with Crippen LogP contribution in [0.2, 0.25) is 4.34 Å². The summed E-state index contributed by atoms with van der Waals surface area (Å²) in [4.78, 5) is 4.85. The minimum atomic E-state index is 0.735. The standard InChI is InChI=1S/C15H22ClN5OS2/c1-3-20-14(19-6-8-22-9-7-19)17-21(15(20)23)11-18(2)10-12-4-5-13(16)24-12/h4-5H,3,6-11H2,1-2H3/p+1. The number of hydrogen-bond acceptors (Lipinski definition) is 5. The number of rotatable bonds is 6. The molecule has 0 spiro atoms. The molecule has 1 aliphatic rings. The number of ether oxygens (including phenoxy) is 1. The zero-order valence-corrected chi connectivity index (χ0v) is 16.4. The molecule has 0 bridgehead atoms. The van der Waals surface area contributed by atoms with Crippen molar-refractivity contribution in [2.75, 3.05) is 38.3 Å². The van der Waals surface area contributed by atoms with Crippen LogP contribution in [0.3, 0.4) is 0 Å². The summed E-state index contributed by atoms with van der Waals surface area (Å²) in [5.41, 5.74) is 0. The van der Waals surface area contributed by atoms with Gasteiger partial charge >= 0.3 is 0 Å². The number of hydrogen-bond donors (Lipinski definition) is 1. The second kappa shape index (κ2) is 7.97. The lowest BCUT2D eigenvalue weighted by Gasteiger charge is -2.27. The van der Waals surface area contributed by atoms with E-state index in [-0.39, 0.29) is 0 Å². The molecule has 1 N–H and O–H groups in total. The van der Waals surface area contributed by atoms with E-state index < -0.39 is 0 Å². The van der Waals surface area contributed by atoms with Gasteiger partial charge < -0.3 is 14.5 Å². The number of quaternary nitrogens is 1. The number of aromatic nitrogens is 3. The van der Waals surface area contributed by atoms with E-state index in [0.717, 1.165) is 61.1 Å². The largest absolute Gasteiger partial charge is 0.378 e. The molecule has 9 heteroatoms. The lowest BCUT2D eigenvalue weighted by Crippen LogP contribution is -3.06. The number of halogens is 1. The molecule has 1 aliphatic heterocycles. The predicted molar refractivity (Wildman–Crippen MR) is 99.7 cm³/mol. The molecule has 1 unspecified atom stereocenters. The van der Waals surface area contributed by atoms with E-state index >= 15 is 0 Å². The molecule has 1 atom stereocenters. The zero-order chi connectivity index (χ0) is 17.1. The Morgan fingerprint density at radius 1 is 1.38 bits per heavy atom. The Labute approximate surface area is 156 Å². The van der Waals surface area contributed by atoms with E-state index in [9.17, 15) is 0 Å². The normalized spacial score (nSPS) is 16.5. The average Bonchev–Trinajstić information content (AvgIpc) is 3.12. The van der Waals surface area contributed by atoms with Crippen molar-refractivity contribution in [3.05, 3.63) is 26.1 Å². The predicted octanol–water partition coefficient (Wildman–Crippen LogP) is 1.66. The van der Waals surface area contributed by atoms with Crippen molar-refractivity contribution in [3.63, 3.8) is 0 Å². The Kier molecular flexibility index (Phi) is 5.93. The molecule has 0 amide bonds. The van der Waals surface area contributed by atoms with Crippen LogP contribution in [0.25, 0.3) is 0 Å². The minimum Gasteiger partial charge on any atom is -0.378 e. The van der Waals surface area contributed by atoms with Gasteiger partial charge in [0.15, 0.2) is 6.67 Å². The summed E-state index contributed by atoms with van der Waals surface area (Å²) in [5.74, 6) is 0.956. The summed E-state index contributed by atoms with van der Waals surface area (Å²) in [6, 6.07) is 4.03. The Bertz CT molecular complexity index is 735. The molecule has 24 heavy (non-hydrogen) atoms. The molecule has 0 radical (unpaired) electrons. The average molecular weight is 389 g/mol. The molecule has 3 rings (SSSR count). The van der Waals surface area contributed by atoms with Gasteiger partial charge in [0.05, 0.1) is 29.5 Å². The highest BCUT2D eigenvalue weighted by molar-refractivity contribution is 7.71. The molecule has 1 fully saturated rings. The van der Waals surface area contributed by atoms with Gasteiger partial charge in [-0.3, -0.25) is 4.57 Å². The van der Waals surface area contributed by atoms with Gasteiger partial charge in [0.25, 0.3) is 0 Å². The molecule has 0 aromatic carbocycles. The quantitative estimate of drug-likeness (QED) is 0.764. The SMILES string of the molecule is CCn1c(N2CCOCC2)nn(C[NH+](C)Cc2ccc(Cl)s2)c1=S. The van der Waals surface area contributed by atoms with Crippen LogP contribution in [-0.4, -0.2) is 47.7 Å². The first kappa shape index (κ1) is 17.9. The van der Waals surface area contributed by atoms with Crippen molar-refractivity contribution in [2.45, 2.75) is 26.7 Å². The van der Waals surface area contributed by atoms with Gasteiger partial charge in [-0.1, -0.05) is 11.6 Å². The van der Waals surface area contributed by atoms with Gasteiger partial charge in [-0.2, -0.15) is 4.68 Å². The van der Waals surface area contributed by atoms with Crippen molar-refractivity contribution in [3.8, 4) is 0 Å². The monoisotopic (exact) mass is 388 g/mol. The van der Waals surface area contributed by atoms with Gasteiger partial charge in [0, 0.05) is 19.6 Å². The van der Waals surface area contributed by atoms with Crippen LogP contribution in [0.5, 0.6) is 0 Å². The summed E-state index contributed by atoms with van der Waals surface area (Å²) in [6.07, 6.45) is 0. The van der Waals surface area contributed by atoms with E-state index in [4.69, 9.17) is 33.7 Å². The van der Waals surface area contributed by atoms with Crippen molar-refractivity contribution < 1.29 is 9.64 Å². The van der Waals surface area contributed by atoms with Gasteiger partial charge in [-0.15, -0.1) is 16.4 Å². The fourth-order valence-electron chi connectivity index (χ4n) is 2.86. The van der Waals surface area contributed by atoms with E-state index in [1.807, 2.05) is 10.7 Å². The summed E-state index contributed by atoms with van der Waals surface area (Å²) in [6.45, 7) is 7.79. The highest BCUT2D eigenvalue weighted by atomic mass is 35.5. The summed E-state index contributed by atoms with van der Waals surface area (Å²) in [7, 11) is 2.15.